The fourth-order valence-corrected chi connectivity index (χ4v) is 3.29. The minimum absolute atomic E-state index is 0.227. The summed E-state index contributed by atoms with van der Waals surface area (Å²) in [5.74, 6) is -1.59. The summed E-state index contributed by atoms with van der Waals surface area (Å²) in [7, 11) is 1.39. The van der Waals surface area contributed by atoms with Gasteiger partial charge in [0, 0.05) is 11.6 Å². The number of para-hydroxylation sites is 1. The number of nitrogens with one attached hydrogen (secondary N) is 1. The fourth-order valence-electron chi connectivity index (χ4n) is 2.41. The molecule has 0 aliphatic carbocycles. The molecule has 0 aliphatic heterocycles. The molecule has 0 saturated heterocycles. The van der Waals surface area contributed by atoms with Crippen LogP contribution in [0.3, 0.4) is 0 Å². The first-order chi connectivity index (χ1) is 14.0. The van der Waals surface area contributed by atoms with E-state index in [1.165, 1.54) is 36.6 Å². The number of carbonyl (C=O) groups excluding carboxylic acids is 2. The van der Waals surface area contributed by atoms with E-state index in [1.807, 2.05) is 24.3 Å². The Hall–Kier alpha value is -3.72. The Morgan fingerprint density at radius 2 is 1.93 bits per heavy atom. The molecule has 0 aliphatic rings. The Bertz CT molecular complexity index is 1070. The second-order valence-electron chi connectivity index (χ2n) is 5.73. The molecule has 0 saturated carbocycles. The molecule has 148 valence electrons. The van der Waals surface area contributed by atoms with Crippen LogP contribution in [-0.4, -0.2) is 41.5 Å². The highest BCUT2D eigenvalue weighted by Crippen LogP contribution is 2.29. The SMILES string of the molecule is COc1cc(C(=O)C=CC(=O)O)ccc1OCC(=O)Nc1nc2ccccc2s1. The van der Waals surface area contributed by atoms with E-state index in [1.54, 1.807) is 0 Å². The van der Waals surface area contributed by atoms with Crippen molar-refractivity contribution >= 4 is 44.3 Å². The Kier molecular flexibility index (Phi) is 6.20. The van der Waals surface area contributed by atoms with Gasteiger partial charge in [-0.15, -0.1) is 0 Å². The molecule has 1 aromatic heterocycles. The van der Waals surface area contributed by atoms with Gasteiger partial charge >= 0.3 is 5.97 Å². The van der Waals surface area contributed by atoms with E-state index >= 15 is 0 Å². The number of rotatable bonds is 8. The molecule has 1 heterocycles. The maximum Gasteiger partial charge on any atom is 0.328 e. The maximum atomic E-state index is 12.2. The molecule has 0 atom stereocenters. The third-order valence-corrected chi connectivity index (χ3v) is 4.68. The second-order valence-corrected chi connectivity index (χ2v) is 6.76. The van der Waals surface area contributed by atoms with Crippen LogP contribution in [0.2, 0.25) is 0 Å². The molecule has 2 N–H and O–H groups in total. The molecular formula is C20H16N2O6S. The van der Waals surface area contributed by atoms with Crippen LogP contribution < -0.4 is 14.8 Å². The molecule has 0 bridgehead atoms. The Morgan fingerprint density at radius 1 is 1.14 bits per heavy atom. The smallest absolute Gasteiger partial charge is 0.328 e. The molecule has 0 radical (unpaired) electrons. The van der Waals surface area contributed by atoms with Crippen molar-refractivity contribution in [3.8, 4) is 11.5 Å². The number of carbonyl (C=O) groups is 3. The zero-order chi connectivity index (χ0) is 20.8. The predicted molar refractivity (Wildman–Crippen MR) is 108 cm³/mol. The first-order valence-corrected chi connectivity index (χ1v) is 9.19. The van der Waals surface area contributed by atoms with Gasteiger partial charge in [0.2, 0.25) is 0 Å². The average molecular weight is 412 g/mol. The van der Waals surface area contributed by atoms with Crippen molar-refractivity contribution < 1.29 is 29.0 Å². The van der Waals surface area contributed by atoms with Crippen LogP contribution >= 0.6 is 11.3 Å². The van der Waals surface area contributed by atoms with E-state index in [9.17, 15) is 14.4 Å². The van der Waals surface area contributed by atoms with E-state index in [0.717, 1.165) is 22.4 Å². The summed E-state index contributed by atoms with van der Waals surface area (Å²) in [6.45, 7) is -0.279. The number of hydrogen-bond acceptors (Lipinski definition) is 7. The first kappa shape index (κ1) is 20.0. The average Bonchev–Trinajstić information content (AvgIpc) is 3.12. The fraction of sp³-hybridized carbons (Fsp3) is 0.100. The lowest BCUT2D eigenvalue weighted by Gasteiger charge is -2.11. The van der Waals surface area contributed by atoms with E-state index in [0.29, 0.717) is 5.13 Å². The minimum Gasteiger partial charge on any atom is -0.493 e. The number of aromatic nitrogens is 1. The summed E-state index contributed by atoms with van der Waals surface area (Å²) >= 11 is 1.36. The third kappa shape index (κ3) is 5.17. The highest BCUT2D eigenvalue weighted by atomic mass is 32.1. The molecule has 1 amide bonds. The van der Waals surface area contributed by atoms with E-state index in [4.69, 9.17) is 14.6 Å². The lowest BCUT2D eigenvalue weighted by Crippen LogP contribution is -2.20. The van der Waals surface area contributed by atoms with Crippen LogP contribution in [0.4, 0.5) is 5.13 Å². The van der Waals surface area contributed by atoms with Crippen molar-refractivity contribution in [2.75, 3.05) is 19.0 Å². The van der Waals surface area contributed by atoms with Gasteiger partial charge in [-0.2, -0.15) is 0 Å². The van der Waals surface area contributed by atoms with Gasteiger partial charge in [0.05, 0.1) is 17.3 Å². The molecule has 8 nitrogen and oxygen atoms in total. The zero-order valence-electron chi connectivity index (χ0n) is 15.2. The third-order valence-electron chi connectivity index (χ3n) is 3.72. The number of hydrogen-bond donors (Lipinski definition) is 2. The maximum absolute atomic E-state index is 12.2. The summed E-state index contributed by atoms with van der Waals surface area (Å²) < 4.78 is 11.6. The number of aliphatic carboxylic acids is 1. The molecule has 9 heteroatoms. The summed E-state index contributed by atoms with van der Waals surface area (Å²) in [6.07, 6.45) is 1.70. The van der Waals surface area contributed by atoms with Gasteiger partial charge in [-0.1, -0.05) is 23.5 Å². The first-order valence-electron chi connectivity index (χ1n) is 8.38. The summed E-state index contributed by atoms with van der Waals surface area (Å²) in [5, 5.41) is 11.7. The highest BCUT2D eigenvalue weighted by Gasteiger charge is 2.13. The van der Waals surface area contributed by atoms with Gasteiger partial charge in [0.1, 0.15) is 0 Å². The van der Waals surface area contributed by atoms with Crippen LogP contribution in [0, 0.1) is 0 Å². The van der Waals surface area contributed by atoms with Crippen LogP contribution in [0.15, 0.2) is 54.6 Å². The Morgan fingerprint density at radius 3 is 2.66 bits per heavy atom. The topological polar surface area (TPSA) is 115 Å². The van der Waals surface area contributed by atoms with Crippen molar-refractivity contribution in [3.63, 3.8) is 0 Å². The number of ether oxygens (including phenoxy) is 2. The molecule has 29 heavy (non-hydrogen) atoms. The number of carboxylic acid groups (broad SMARTS) is 1. The Labute approximate surface area is 169 Å². The van der Waals surface area contributed by atoms with Crippen molar-refractivity contribution in [3.05, 3.63) is 60.2 Å². The van der Waals surface area contributed by atoms with E-state index < -0.39 is 17.7 Å². The number of thiazole rings is 1. The van der Waals surface area contributed by atoms with Crippen LogP contribution in [-0.2, 0) is 9.59 Å². The number of carboxylic acids is 1. The lowest BCUT2D eigenvalue weighted by atomic mass is 10.1. The van der Waals surface area contributed by atoms with Gasteiger partial charge in [-0.05, 0) is 36.4 Å². The van der Waals surface area contributed by atoms with Gasteiger partial charge in [0.15, 0.2) is 29.0 Å². The molecule has 0 spiro atoms. The zero-order valence-corrected chi connectivity index (χ0v) is 16.1. The van der Waals surface area contributed by atoms with Gasteiger partial charge < -0.3 is 14.6 Å². The van der Waals surface area contributed by atoms with Gasteiger partial charge in [-0.3, -0.25) is 14.9 Å². The van der Waals surface area contributed by atoms with Crippen molar-refractivity contribution in [1.82, 2.24) is 4.98 Å². The van der Waals surface area contributed by atoms with Gasteiger partial charge in [0.25, 0.3) is 5.91 Å². The van der Waals surface area contributed by atoms with Crippen LogP contribution in [0.25, 0.3) is 10.2 Å². The van der Waals surface area contributed by atoms with Crippen LogP contribution in [0.5, 0.6) is 11.5 Å². The summed E-state index contributed by atoms with van der Waals surface area (Å²) in [5.41, 5.74) is 1.03. The Balaban J connectivity index is 1.64. The number of amides is 1. The number of methoxy groups -OCH3 is 1. The molecule has 0 unspecified atom stereocenters. The van der Waals surface area contributed by atoms with Crippen LogP contribution in [0.1, 0.15) is 10.4 Å². The number of nitrogens with zero attached hydrogens (tertiary/aromatic N) is 1. The molecular weight excluding hydrogens is 396 g/mol. The largest absolute Gasteiger partial charge is 0.493 e. The van der Waals surface area contributed by atoms with E-state index in [2.05, 4.69) is 10.3 Å². The van der Waals surface area contributed by atoms with E-state index in [-0.39, 0.29) is 23.7 Å². The number of allylic oxidation sites excluding steroid dienone is 1. The monoisotopic (exact) mass is 412 g/mol. The second kappa shape index (κ2) is 8.98. The molecule has 0 fully saturated rings. The number of fused-ring (bicyclic) bond motifs is 1. The van der Waals surface area contributed by atoms with Crippen molar-refractivity contribution in [1.29, 1.82) is 0 Å². The normalized spacial score (nSPS) is 10.8. The molecule has 2 aromatic carbocycles. The predicted octanol–water partition coefficient (Wildman–Crippen LogP) is 3.15. The molecule has 3 aromatic rings. The summed E-state index contributed by atoms with van der Waals surface area (Å²) in [4.78, 5) is 39.0. The molecule has 3 rings (SSSR count). The summed E-state index contributed by atoms with van der Waals surface area (Å²) in [6, 6.07) is 11.9. The quantitative estimate of drug-likeness (QED) is 0.431. The standard InChI is InChI=1S/C20H16N2O6S/c1-27-16-10-12(14(23)7-9-19(25)26)6-8-15(16)28-11-18(24)22-20-21-13-4-2-3-5-17(13)29-20/h2-10H,11H2,1H3,(H,25,26)(H,21,22,24). The highest BCUT2D eigenvalue weighted by molar-refractivity contribution is 7.22. The number of ketones is 1. The lowest BCUT2D eigenvalue weighted by molar-refractivity contribution is -0.131. The van der Waals surface area contributed by atoms with Crippen molar-refractivity contribution in [2.45, 2.75) is 0 Å². The number of anilines is 1. The van der Waals surface area contributed by atoms with Gasteiger partial charge in [-0.25, -0.2) is 9.78 Å². The number of benzene rings is 2. The van der Waals surface area contributed by atoms with Crippen molar-refractivity contribution in [2.24, 2.45) is 0 Å². The minimum atomic E-state index is -1.22.